The molecule has 0 nitrogen and oxygen atoms in total. The Kier molecular flexibility index (Phi) is 2.95. The van der Waals surface area contributed by atoms with Crippen LogP contribution < -0.4 is 0 Å². The van der Waals surface area contributed by atoms with Gasteiger partial charge in [0.15, 0.2) is 0 Å². The molecule has 0 heteroatoms. The molecule has 0 spiro atoms. The Hall–Kier alpha value is -1.00. The Labute approximate surface area is 68.6 Å². The summed E-state index contributed by atoms with van der Waals surface area (Å²) in [5.41, 5.74) is 2.80. The molecule has 0 radical (unpaired) electrons. The Morgan fingerprint density at radius 2 is 2.18 bits per heavy atom. The maximum atomic E-state index is 3.54. The van der Waals surface area contributed by atoms with Gasteiger partial charge in [0.2, 0.25) is 0 Å². The standard InChI is InChI=1S/C11H14/c1-3-4-7-10(2)11-8-5-6-9-11/h4-6,8-11H,1,7H2,2H3. The number of hydrogen-bond donors (Lipinski definition) is 0. The van der Waals surface area contributed by atoms with Crippen molar-refractivity contribution in [1.29, 1.82) is 0 Å². The summed E-state index contributed by atoms with van der Waals surface area (Å²) < 4.78 is 0. The normalized spacial score (nSPS) is 18.3. The zero-order valence-corrected chi connectivity index (χ0v) is 6.96. The summed E-state index contributed by atoms with van der Waals surface area (Å²) in [5, 5.41) is 0. The van der Waals surface area contributed by atoms with Gasteiger partial charge in [-0.25, -0.2) is 0 Å². The van der Waals surface area contributed by atoms with Gasteiger partial charge < -0.3 is 0 Å². The maximum Gasteiger partial charge on any atom is -0.00184 e. The summed E-state index contributed by atoms with van der Waals surface area (Å²) in [6.07, 6.45) is 11.8. The van der Waals surface area contributed by atoms with E-state index in [4.69, 9.17) is 0 Å². The topological polar surface area (TPSA) is 0 Å². The second-order valence-electron chi connectivity index (χ2n) is 2.97. The third kappa shape index (κ3) is 2.25. The summed E-state index contributed by atoms with van der Waals surface area (Å²) in [4.78, 5) is 0. The van der Waals surface area contributed by atoms with E-state index in [1.807, 2.05) is 6.08 Å². The van der Waals surface area contributed by atoms with Crippen molar-refractivity contribution < 1.29 is 0 Å². The average molecular weight is 146 g/mol. The molecule has 0 amide bonds. The molecule has 0 aromatic heterocycles. The van der Waals surface area contributed by atoms with E-state index in [1.54, 1.807) is 0 Å². The van der Waals surface area contributed by atoms with Crippen LogP contribution in [0.15, 0.2) is 42.7 Å². The highest BCUT2D eigenvalue weighted by Gasteiger charge is 2.11. The molecule has 0 fully saturated rings. The molecule has 1 aliphatic rings. The summed E-state index contributed by atoms with van der Waals surface area (Å²) in [5.74, 6) is 1.30. The monoisotopic (exact) mass is 146 g/mol. The first-order valence-electron chi connectivity index (χ1n) is 4.04. The van der Waals surface area contributed by atoms with Crippen LogP contribution in [0, 0.1) is 11.8 Å². The SMILES string of the molecule is C=C=CCC(C)C1C=CC=C1. The number of rotatable bonds is 3. The van der Waals surface area contributed by atoms with Crippen molar-refractivity contribution in [2.75, 3.05) is 0 Å². The molecule has 1 aliphatic carbocycles. The van der Waals surface area contributed by atoms with Gasteiger partial charge in [0.05, 0.1) is 0 Å². The van der Waals surface area contributed by atoms with Crippen LogP contribution in [-0.2, 0) is 0 Å². The van der Waals surface area contributed by atoms with Crippen molar-refractivity contribution in [3.8, 4) is 0 Å². The van der Waals surface area contributed by atoms with Crippen LogP contribution in [0.4, 0.5) is 0 Å². The first kappa shape index (κ1) is 8.10. The van der Waals surface area contributed by atoms with E-state index in [0.717, 1.165) is 6.42 Å². The first-order valence-corrected chi connectivity index (χ1v) is 4.04. The van der Waals surface area contributed by atoms with Crippen LogP contribution in [0.5, 0.6) is 0 Å². The minimum atomic E-state index is 0.625. The lowest BCUT2D eigenvalue weighted by atomic mass is 9.93. The quantitative estimate of drug-likeness (QED) is 0.537. The third-order valence-corrected chi connectivity index (χ3v) is 2.07. The van der Waals surface area contributed by atoms with E-state index >= 15 is 0 Å². The fraction of sp³-hybridized carbons (Fsp3) is 0.364. The van der Waals surface area contributed by atoms with Gasteiger partial charge in [-0.2, -0.15) is 0 Å². The molecule has 1 rings (SSSR count). The Balaban J connectivity index is 2.40. The Morgan fingerprint density at radius 1 is 1.55 bits per heavy atom. The Morgan fingerprint density at radius 3 is 2.73 bits per heavy atom. The van der Waals surface area contributed by atoms with Gasteiger partial charge in [-0.1, -0.05) is 37.8 Å². The lowest BCUT2D eigenvalue weighted by Gasteiger charge is -2.12. The predicted octanol–water partition coefficient (Wildman–Crippen LogP) is 3.10. The summed E-state index contributed by atoms with van der Waals surface area (Å²) in [7, 11) is 0. The first-order chi connectivity index (χ1) is 5.34. The van der Waals surface area contributed by atoms with Gasteiger partial charge in [-0.05, 0) is 24.3 Å². The van der Waals surface area contributed by atoms with Crippen LogP contribution in [0.25, 0.3) is 0 Å². The Bertz CT molecular complexity index is 202. The van der Waals surface area contributed by atoms with Gasteiger partial charge in [-0.15, -0.1) is 5.73 Å². The molecule has 0 heterocycles. The molecule has 1 atom stereocenters. The summed E-state index contributed by atoms with van der Waals surface area (Å²) in [6, 6.07) is 0. The van der Waals surface area contributed by atoms with Crippen molar-refractivity contribution in [2.45, 2.75) is 13.3 Å². The molecule has 58 valence electrons. The number of allylic oxidation sites excluding steroid dienone is 5. The van der Waals surface area contributed by atoms with E-state index < -0.39 is 0 Å². The van der Waals surface area contributed by atoms with Crippen molar-refractivity contribution in [3.05, 3.63) is 42.7 Å². The predicted molar refractivity (Wildman–Crippen MR) is 49.3 cm³/mol. The molecule has 0 saturated heterocycles. The van der Waals surface area contributed by atoms with E-state index in [9.17, 15) is 0 Å². The van der Waals surface area contributed by atoms with Crippen LogP contribution in [0.3, 0.4) is 0 Å². The molecule has 0 bridgehead atoms. The fourth-order valence-corrected chi connectivity index (χ4v) is 1.25. The molecular weight excluding hydrogens is 132 g/mol. The number of hydrogen-bond acceptors (Lipinski definition) is 0. The van der Waals surface area contributed by atoms with E-state index in [1.165, 1.54) is 0 Å². The lowest BCUT2D eigenvalue weighted by molar-refractivity contribution is 0.510. The second kappa shape index (κ2) is 4.00. The molecular formula is C11H14. The minimum Gasteiger partial charge on any atom is -0.133 e. The van der Waals surface area contributed by atoms with Gasteiger partial charge in [-0.3, -0.25) is 0 Å². The highest BCUT2D eigenvalue weighted by molar-refractivity contribution is 5.18. The van der Waals surface area contributed by atoms with E-state index in [0.29, 0.717) is 11.8 Å². The van der Waals surface area contributed by atoms with E-state index in [2.05, 4.69) is 43.5 Å². The van der Waals surface area contributed by atoms with Crippen molar-refractivity contribution >= 4 is 0 Å². The van der Waals surface area contributed by atoms with Crippen molar-refractivity contribution in [3.63, 3.8) is 0 Å². The van der Waals surface area contributed by atoms with Crippen LogP contribution in [0.1, 0.15) is 13.3 Å². The zero-order chi connectivity index (χ0) is 8.10. The van der Waals surface area contributed by atoms with Gasteiger partial charge in [0.1, 0.15) is 0 Å². The molecule has 11 heavy (non-hydrogen) atoms. The average Bonchev–Trinajstić information content (AvgIpc) is 2.52. The van der Waals surface area contributed by atoms with Gasteiger partial charge in [0.25, 0.3) is 0 Å². The molecule has 0 N–H and O–H groups in total. The highest BCUT2D eigenvalue weighted by Crippen LogP contribution is 2.21. The van der Waals surface area contributed by atoms with Crippen LogP contribution in [0.2, 0.25) is 0 Å². The van der Waals surface area contributed by atoms with Crippen LogP contribution in [-0.4, -0.2) is 0 Å². The minimum absolute atomic E-state index is 0.625. The summed E-state index contributed by atoms with van der Waals surface area (Å²) >= 11 is 0. The second-order valence-corrected chi connectivity index (χ2v) is 2.97. The molecule has 0 saturated carbocycles. The smallest absolute Gasteiger partial charge is 0.00184 e. The van der Waals surface area contributed by atoms with Gasteiger partial charge in [0, 0.05) is 0 Å². The molecule has 0 aromatic carbocycles. The van der Waals surface area contributed by atoms with Gasteiger partial charge >= 0.3 is 0 Å². The van der Waals surface area contributed by atoms with E-state index in [-0.39, 0.29) is 0 Å². The fourth-order valence-electron chi connectivity index (χ4n) is 1.25. The molecule has 0 aromatic rings. The molecule has 0 aliphatic heterocycles. The third-order valence-electron chi connectivity index (χ3n) is 2.07. The van der Waals surface area contributed by atoms with Crippen LogP contribution >= 0.6 is 0 Å². The van der Waals surface area contributed by atoms with Crippen molar-refractivity contribution in [2.24, 2.45) is 11.8 Å². The summed E-state index contributed by atoms with van der Waals surface area (Å²) in [6.45, 7) is 5.79. The molecule has 1 unspecified atom stereocenters. The largest absolute Gasteiger partial charge is 0.133 e. The zero-order valence-electron chi connectivity index (χ0n) is 6.96. The highest BCUT2D eigenvalue weighted by atomic mass is 14.2. The lowest BCUT2D eigenvalue weighted by Crippen LogP contribution is -2.03. The maximum absolute atomic E-state index is 3.54. The van der Waals surface area contributed by atoms with Crippen molar-refractivity contribution in [1.82, 2.24) is 0 Å².